The highest BCUT2D eigenvalue weighted by Crippen LogP contribution is 2.45. The lowest BCUT2D eigenvalue weighted by Gasteiger charge is -2.32. The van der Waals surface area contributed by atoms with Crippen molar-refractivity contribution in [3.63, 3.8) is 0 Å². The quantitative estimate of drug-likeness (QED) is 0.181. The van der Waals surface area contributed by atoms with Gasteiger partial charge in [-0.3, -0.25) is 9.59 Å². The zero-order valence-corrected chi connectivity index (χ0v) is 31.2. The molecule has 50 heavy (non-hydrogen) atoms. The van der Waals surface area contributed by atoms with Gasteiger partial charge in [-0.05, 0) is 67.6 Å². The van der Waals surface area contributed by atoms with Gasteiger partial charge in [-0.1, -0.05) is 74.8 Å². The molecule has 5 rings (SSSR count). The zero-order chi connectivity index (χ0) is 34.8. The fourth-order valence-electron chi connectivity index (χ4n) is 6.32. The Labute approximate surface area is 308 Å². The Morgan fingerprint density at radius 3 is 2.44 bits per heavy atom. The van der Waals surface area contributed by atoms with Crippen LogP contribution in [0.5, 0.6) is 11.5 Å². The molecule has 0 unspecified atom stereocenters. The van der Waals surface area contributed by atoms with E-state index in [1.807, 2.05) is 36.4 Å². The van der Waals surface area contributed by atoms with Crippen LogP contribution < -0.4 is 19.7 Å². The molecule has 2 aliphatic heterocycles. The van der Waals surface area contributed by atoms with E-state index < -0.39 is 12.2 Å². The number of nitrogens with one attached hydrogen (secondary N) is 1. The first-order valence-electron chi connectivity index (χ1n) is 17.3. The molecular formula is C39H51Cl2N3O6. The van der Waals surface area contributed by atoms with Crippen molar-refractivity contribution in [2.24, 2.45) is 5.41 Å². The maximum atomic E-state index is 14.3. The van der Waals surface area contributed by atoms with Crippen LogP contribution in [0, 0.1) is 5.41 Å². The van der Waals surface area contributed by atoms with Gasteiger partial charge in [0.05, 0.1) is 33.4 Å². The Bertz CT molecular complexity index is 1540. The van der Waals surface area contributed by atoms with E-state index in [9.17, 15) is 9.59 Å². The van der Waals surface area contributed by atoms with Crippen molar-refractivity contribution in [1.82, 2.24) is 10.2 Å². The zero-order valence-electron chi connectivity index (χ0n) is 29.6. The lowest BCUT2D eigenvalue weighted by molar-refractivity contribution is -0.145. The molecule has 0 radical (unpaired) electrons. The second kappa shape index (κ2) is 18.8. The Kier molecular flexibility index (Phi) is 14.8. The molecule has 1 saturated heterocycles. The number of ether oxygens (including phenoxy) is 4. The molecule has 0 saturated carbocycles. The smallest absolute Gasteiger partial charge is 0.256 e. The summed E-state index contributed by atoms with van der Waals surface area (Å²) in [5.74, 6) is 0.701. The number of hydrogen-bond donors (Lipinski definition) is 1. The van der Waals surface area contributed by atoms with Gasteiger partial charge in [-0.25, -0.2) is 0 Å². The van der Waals surface area contributed by atoms with Gasteiger partial charge >= 0.3 is 0 Å². The van der Waals surface area contributed by atoms with Gasteiger partial charge in [0.25, 0.3) is 5.91 Å². The number of aryl methyl sites for hydroxylation is 1. The summed E-state index contributed by atoms with van der Waals surface area (Å²) in [6, 6.07) is 21.7. The largest absolute Gasteiger partial charge is 0.492 e. The highest BCUT2D eigenvalue weighted by atomic mass is 35.5. The molecule has 0 spiro atoms. The van der Waals surface area contributed by atoms with Gasteiger partial charge < -0.3 is 34.1 Å². The molecule has 11 heteroatoms. The number of hydrogen-bond acceptors (Lipinski definition) is 7. The first-order valence-corrected chi connectivity index (χ1v) is 17.7. The van der Waals surface area contributed by atoms with Crippen molar-refractivity contribution in [2.75, 3.05) is 64.6 Å². The van der Waals surface area contributed by atoms with Gasteiger partial charge in [0.2, 0.25) is 5.91 Å². The summed E-state index contributed by atoms with van der Waals surface area (Å²) in [5, 5.41) is 4.02. The molecule has 3 aromatic carbocycles. The lowest BCUT2D eigenvalue weighted by atomic mass is 9.94. The minimum atomic E-state index is -1.03. The summed E-state index contributed by atoms with van der Waals surface area (Å²) in [6.07, 6.45) is 1.06. The molecule has 2 heterocycles. The van der Waals surface area contributed by atoms with E-state index in [2.05, 4.69) is 50.4 Å². The van der Waals surface area contributed by atoms with Crippen molar-refractivity contribution < 1.29 is 28.5 Å². The van der Waals surface area contributed by atoms with E-state index in [0.29, 0.717) is 67.2 Å². The lowest BCUT2D eigenvalue weighted by Crippen LogP contribution is -2.47. The summed E-state index contributed by atoms with van der Waals surface area (Å²) < 4.78 is 24.4. The average Bonchev–Trinajstić information content (AvgIpc) is 3.19. The minimum Gasteiger partial charge on any atom is -0.492 e. The first kappa shape index (κ1) is 39.4. The van der Waals surface area contributed by atoms with Gasteiger partial charge in [-0.2, -0.15) is 0 Å². The van der Waals surface area contributed by atoms with Crippen LogP contribution in [0.3, 0.4) is 0 Å². The molecule has 1 fully saturated rings. The average molecular weight is 729 g/mol. The van der Waals surface area contributed by atoms with Crippen LogP contribution in [0.2, 0.25) is 5.02 Å². The molecule has 0 aromatic heterocycles. The Morgan fingerprint density at radius 2 is 1.72 bits per heavy atom. The van der Waals surface area contributed by atoms with Crippen LogP contribution in [-0.2, 0) is 25.5 Å². The summed E-state index contributed by atoms with van der Waals surface area (Å²) in [6.45, 7) is 10.9. The molecule has 2 amide bonds. The number of anilines is 1. The topological polar surface area (TPSA) is 89.6 Å². The van der Waals surface area contributed by atoms with Crippen molar-refractivity contribution in [3.8, 4) is 11.5 Å². The van der Waals surface area contributed by atoms with E-state index in [1.165, 1.54) is 5.56 Å². The highest BCUT2D eigenvalue weighted by Gasteiger charge is 2.40. The number of nitrogens with zero attached hydrogens (tertiary/aromatic N) is 2. The van der Waals surface area contributed by atoms with Gasteiger partial charge in [0.1, 0.15) is 12.2 Å². The van der Waals surface area contributed by atoms with Crippen LogP contribution in [0.1, 0.15) is 62.8 Å². The number of carbonyl (C=O) groups excluding carboxylic acids is 2. The first-order chi connectivity index (χ1) is 23.6. The number of methoxy groups -OCH3 is 1. The maximum Gasteiger partial charge on any atom is 0.256 e. The van der Waals surface area contributed by atoms with E-state index >= 15 is 0 Å². The monoisotopic (exact) mass is 727 g/mol. The Hall–Kier alpha value is -3.34. The number of rotatable bonds is 14. The molecule has 3 aromatic rings. The van der Waals surface area contributed by atoms with Gasteiger partial charge in [-0.15, -0.1) is 12.4 Å². The van der Waals surface area contributed by atoms with Crippen LogP contribution in [0.4, 0.5) is 5.69 Å². The van der Waals surface area contributed by atoms with E-state index in [0.717, 1.165) is 37.9 Å². The predicted octanol–water partition coefficient (Wildman–Crippen LogP) is 6.88. The number of benzene rings is 3. The van der Waals surface area contributed by atoms with E-state index in [4.69, 9.17) is 30.5 Å². The van der Waals surface area contributed by atoms with Gasteiger partial charge in [0, 0.05) is 41.5 Å². The molecular weight excluding hydrogens is 677 g/mol. The third kappa shape index (κ3) is 10.6. The summed E-state index contributed by atoms with van der Waals surface area (Å²) in [7, 11) is 1.60. The van der Waals surface area contributed by atoms with Crippen molar-refractivity contribution in [1.29, 1.82) is 0 Å². The second-order valence-electron chi connectivity index (χ2n) is 13.8. The Morgan fingerprint density at radius 1 is 0.980 bits per heavy atom. The highest BCUT2D eigenvalue weighted by molar-refractivity contribution is 6.30. The van der Waals surface area contributed by atoms with Crippen LogP contribution in [0.25, 0.3) is 0 Å². The van der Waals surface area contributed by atoms with Crippen LogP contribution in [0.15, 0.2) is 66.7 Å². The molecule has 9 nitrogen and oxygen atoms in total. The third-order valence-electron chi connectivity index (χ3n) is 8.67. The number of morpholine rings is 1. The molecule has 1 N–H and O–H groups in total. The van der Waals surface area contributed by atoms with E-state index in [1.54, 1.807) is 23.0 Å². The van der Waals surface area contributed by atoms with E-state index in [-0.39, 0.29) is 36.1 Å². The summed E-state index contributed by atoms with van der Waals surface area (Å²) >= 11 is 6.59. The standard InChI is InChI=1S/C39H50ClN3O6.ClH/c1-39(2,3)27-43-32-17-16-29(40)25-31(32)36(49-34(38(43)45)26-35(44)42-20-23-47-24-21-42)30-14-8-15-33(37(30)46-4)48-22-10-19-41-18-9-13-28-11-6-5-7-12-28;/h5-8,11-12,14-17,25,34,36,41H,9-10,13,18-24,26-27H2,1-4H3;1H/t34-,36-;/m1./s1. The fraction of sp³-hybridized carbons (Fsp3) is 0.487. The molecule has 0 aliphatic carbocycles. The molecule has 2 atom stereocenters. The van der Waals surface area contributed by atoms with Crippen molar-refractivity contribution >= 4 is 41.5 Å². The van der Waals surface area contributed by atoms with Gasteiger partial charge in [0.15, 0.2) is 11.5 Å². The summed E-state index contributed by atoms with van der Waals surface area (Å²) in [4.78, 5) is 31.3. The number of para-hydroxylation sites is 1. The molecule has 0 bridgehead atoms. The van der Waals surface area contributed by atoms with Crippen LogP contribution in [-0.4, -0.2) is 82.5 Å². The molecule has 272 valence electrons. The SMILES string of the molecule is COc1c(OCCCNCCCc2ccccc2)cccc1[C@H]1O[C@H](CC(=O)N2CCOCC2)C(=O)N(CC(C)(C)C)c2ccc(Cl)cc21.Cl. The maximum absolute atomic E-state index is 14.3. The minimum absolute atomic E-state index is 0. The van der Waals surface area contributed by atoms with Crippen LogP contribution >= 0.6 is 24.0 Å². The van der Waals surface area contributed by atoms with Crippen molar-refractivity contribution in [3.05, 3.63) is 88.4 Å². The Balaban J connectivity index is 0.00000562. The number of carbonyl (C=O) groups is 2. The normalized spacial score (nSPS) is 17.8. The second-order valence-corrected chi connectivity index (χ2v) is 14.2. The number of fused-ring (bicyclic) bond motifs is 1. The molecule has 2 aliphatic rings. The predicted molar refractivity (Wildman–Crippen MR) is 200 cm³/mol. The number of halogens is 2. The summed E-state index contributed by atoms with van der Waals surface area (Å²) in [5.41, 5.74) is 3.23. The third-order valence-corrected chi connectivity index (χ3v) is 8.91. The fourth-order valence-corrected chi connectivity index (χ4v) is 6.50. The van der Waals surface area contributed by atoms with Crippen molar-refractivity contribution in [2.45, 2.75) is 58.7 Å². The number of amides is 2.